The lowest BCUT2D eigenvalue weighted by Gasteiger charge is -2.10. The highest BCUT2D eigenvalue weighted by Crippen LogP contribution is 2.28. The molecule has 0 bridgehead atoms. The number of anilines is 1. The molecule has 1 heterocycles. The van der Waals surface area contributed by atoms with E-state index >= 15 is 0 Å². The van der Waals surface area contributed by atoms with Crippen LogP contribution >= 0.6 is 27.3 Å². The summed E-state index contributed by atoms with van der Waals surface area (Å²) in [7, 11) is -3.77. The first-order valence-electron chi connectivity index (χ1n) is 5.47. The lowest BCUT2D eigenvalue weighted by molar-refractivity contribution is 0.100. The fourth-order valence-corrected chi connectivity index (χ4v) is 4.53. The zero-order valence-electron chi connectivity index (χ0n) is 10.4. The zero-order valence-corrected chi connectivity index (χ0v) is 13.6. The van der Waals surface area contributed by atoms with Crippen molar-refractivity contribution in [2.75, 3.05) is 4.72 Å². The van der Waals surface area contributed by atoms with Gasteiger partial charge >= 0.3 is 0 Å². The van der Waals surface area contributed by atoms with Crippen LogP contribution in [0.5, 0.6) is 0 Å². The third-order valence-electron chi connectivity index (χ3n) is 2.60. The Morgan fingerprint density at radius 3 is 2.70 bits per heavy atom. The van der Waals surface area contributed by atoms with Gasteiger partial charge in [-0.1, -0.05) is 22.0 Å². The first-order valence-corrected chi connectivity index (χ1v) is 8.63. The zero-order chi connectivity index (χ0) is 14.9. The van der Waals surface area contributed by atoms with Gasteiger partial charge in [0.1, 0.15) is 5.00 Å². The van der Waals surface area contributed by atoms with E-state index in [1.54, 1.807) is 24.4 Å². The standard InChI is InChI=1S/C12H11BrN2O3S2/c1-7-2-3-8(13)6-10(7)20(17,18)15-12-9(11(14)16)4-5-19-12/h2-6,15H,1H3,(H2,14,16). The summed E-state index contributed by atoms with van der Waals surface area (Å²) in [6.45, 7) is 1.70. The number of primary amides is 1. The van der Waals surface area contributed by atoms with Crippen LogP contribution in [0.4, 0.5) is 5.00 Å². The number of hydrogen-bond acceptors (Lipinski definition) is 4. The molecule has 106 valence electrons. The van der Waals surface area contributed by atoms with E-state index in [0.717, 1.165) is 11.3 Å². The highest BCUT2D eigenvalue weighted by atomic mass is 79.9. The van der Waals surface area contributed by atoms with E-state index in [4.69, 9.17) is 5.73 Å². The predicted molar refractivity (Wildman–Crippen MR) is 82.5 cm³/mol. The maximum absolute atomic E-state index is 12.4. The molecule has 0 atom stereocenters. The van der Waals surface area contributed by atoms with E-state index in [9.17, 15) is 13.2 Å². The molecular weight excluding hydrogens is 364 g/mol. The first-order chi connectivity index (χ1) is 9.31. The SMILES string of the molecule is Cc1ccc(Br)cc1S(=O)(=O)Nc1sccc1C(N)=O. The van der Waals surface area contributed by atoms with Gasteiger partial charge in [-0.3, -0.25) is 9.52 Å². The molecule has 2 rings (SSSR count). The van der Waals surface area contributed by atoms with Gasteiger partial charge in [-0.15, -0.1) is 11.3 Å². The summed E-state index contributed by atoms with van der Waals surface area (Å²) in [4.78, 5) is 11.4. The first kappa shape index (κ1) is 15.0. The van der Waals surface area contributed by atoms with Crippen LogP contribution in [-0.2, 0) is 10.0 Å². The summed E-state index contributed by atoms with van der Waals surface area (Å²) in [5.41, 5.74) is 5.96. The number of amides is 1. The second-order valence-electron chi connectivity index (χ2n) is 4.04. The average Bonchev–Trinajstić information content (AvgIpc) is 2.79. The summed E-state index contributed by atoms with van der Waals surface area (Å²) >= 11 is 4.35. The van der Waals surface area contributed by atoms with Gasteiger partial charge in [0.2, 0.25) is 0 Å². The van der Waals surface area contributed by atoms with Crippen LogP contribution in [0, 0.1) is 6.92 Å². The second-order valence-corrected chi connectivity index (χ2v) is 7.53. The van der Waals surface area contributed by atoms with Crippen LogP contribution < -0.4 is 10.5 Å². The molecule has 20 heavy (non-hydrogen) atoms. The number of rotatable bonds is 4. The molecule has 3 N–H and O–H groups in total. The Morgan fingerprint density at radius 1 is 1.35 bits per heavy atom. The van der Waals surface area contributed by atoms with E-state index in [1.165, 1.54) is 12.1 Å². The van der Waals surface area contributed by atoms with Crippen LogP contribution in [0.25, 0.3) is 0 Å². The van der Waals surface area contributed by atoms with Gasteiger partial charge in [0, 0.05) is 4.47 Å². The molecule has 1 aromatic heterocycles. The molecule has 8 heteroatoms. The van der Waals surface area contributed by atoms with Crippen LogP contribution in [0.15, 0.2) is 39.0 Å². The highest BCUT2D eigenvalue weighted by molar-refractivity contribution is 9.10. The number of benzene rings is 1. The Bertz CT molecular complexity index is 769. The van der Waals surface area contributed by atoms with Gasteiger partial charge < -0.3 is 5.73 Å². The monoisotopic (exact) mass is 374 g/mol. The molecule has 0 spiro atoms. The maximum atomic E-state index is 12.4. The van der Waals surface area contributed by atoms with E-state index in [1.807, 2.05) is 0 Å². The Labute approximate surface area is 129 Å². The lowest BCUT2D eigenvalue weighted by atomic mass is 10.2. The summed E-state index contributed by atoms with van der Waals surface area (Å²) in [5, 5.41) is 1.82. The average molecular weight is 375 g/mol. The number of carbonyl (C=O) groups excluding carboxylic acids is 1. The number of nitrogens with one attached hydrogen (secondary N) is 1. The predicted octanol–water partition coefficient (Wildman–Crippen LogP) is 2.72. The number of aryl methyl sites for hydroxylation is 1. The quantitative estimate of drug-likeness (QED) is 0.861. The number of carbonyl (C=O) groups is 1. The molecule has 0 fully saturated rings. The molecule has 2 aromatic rings. The van der Waals surface area contributed by atoms with Gasteiger partial charge in [0.15, 0.2) is 0 Å². The minimum atomic E-state index is -3.77. The van der Waals surface area contributed by atoms with E-state index in [0.29, 0.717) is 10.0 Å². The summed E-state index contributed by atoms with van der Waals surface area (Å²) in [5.74, 6) is -0.671. The number of thiophene rings is 1. The third-order valence-corrected chi connectivity index (χ3v) is 5.54. The molecule has 0 saturated heterocycles. The summed E-state index contributed by atoms with van der Waals surface area (Å²) in [6.07, 6.45) is 0. The molecule has 5 nitrogen and oxygen atoms in total. The molecular formula is C12H11BrN2O3S2. The van der Waals surface area contributed by atoms with Crippen molar-refractivity contribution in [3.05, 3.63) is 45.2 Å². The van der Waals surface area contributed by atoms with Gasteiger partial charge in [0.05, 0.1) is 10.5 Å². The third kappa shape index (κ3) is 3.02. The van der Waals surface area contributed by atoms with Crippen LogP contribution in [-0.4, -0.2) is 14.3 Å². The topological polar surface area (TPSA) is 89.3 Å². The maximum Gasteiger partial charge on any atom is 0.262 e. The van der Waals surface area contributed by atoms with Crippen LogP contribution in [0.2, 0.25) is 0 Å². The smallest absolute Gasteiger partial charge is 0.262 e. The molecule has 0 radical (unpaired) electrons. The number of sulfonamides is 1. The minimum Gasteiger partial charge on any atom is -0.366 e. The van der Waals surface area contributed by atoms with Crippen LogP contribution in [0.1, 0.15) is 15.9 Å². The Balaban J connectivity index is 2.44. The van der Waals surface area contributed by atoms with Gasteiger partial charge in [-0.05, 0) is 36.1 Å². The van der Waals surface area contributed by atoms with Crippen molar-refractivity contribution in [1.29, 1.82) is 0 Å². The van der Waals surface area contributed by atoms with Gasteiger partial charge in [-0.25, -0.2) is 8.42 Å². The van der Waals surface area contributed by atoms with Crippen molar-refractivity contribution in [1.82, 2.24) is 0 Å². The van der Waals surface area contributed by atoms with Crippen LogP contribution in [0.3, 0.4) is 0 Å². The lowest BCUT2D eigenvalue weighted by Crippen LogP contribution is -2.17. The van der Waals surface area contributed by atoms with Crippen molar-refractivity contribution in [3.8, 4) is 0 Å². The fourth-order valence-electron chi connectivity index (χ4n) is 1.62. The summed E-state index contributed by atoms with van der Waals surface area (Å²) < 4.78 is 27.8. The molecule has 1 amide bonds. The van der Waals surface area contributed by atoms with Crippen molar-refractivity contribution in [3.63, 3.8) is 0 Å². The molecule has 0 saturated carbocycles. The minimum absolute atomic E-state index is 0.149. The fraction of sp³-hybridized carbons (Fsp3) is 0.0833. The largest absolute Gasteiger partial charge is 0.366 e. The molecule has 0 aliphatic rings. The number of nitrogens with two attached hydrogens (primary N) is 1. The molecule has 0 unspecified atom stereocenters. The normalized spacial score (nSPS) is 11.3. The van der Waals surface area contributed by atoms with E-state index in [2.05, 4.69) is 20.7 Å². The molecule has 0 aliphatic carbocycles. The number of halogens is 1. The highest BCUT2D eigenvalue weighted by Gasteiger charge is 2.20. The van der Waals surface area contributed by atoms with Crippen molar-refractivity contribution < 1.29 is 13.2 Å². The number of hydrogen-bond donors (Lipinski definition) is 2. The Kier molecular flexibility index (Phi) is 4.17. The molecule has 0 aliphatic heterocycles. The van der Waals surface area contributed by atoms with E-state index in [-0.39, 0.29) is 15.5 Å². The van der Waals surface area contributed by atoms with Crippen molar-refractivity contribution in [2.24, 2.45) is 5.73 Å². The Hall–Kier alpha value is -1.38. The Morgan fingerprint density at radius 2 is 2.05 bits per heavy atom. The second kappa shape index (κ2) is 5.55. The van der Waals surface area contributed by atoms with Gasteiger partial charge in [-0.2, -0.15) is 0 Å². The summed E-state index contributed by atoms with van der Waals surface area (Å²) in [6, 6.07) is 6.45. The van der Waals surface area contributed by atoms with Gasteiger partial charge in [0.25, 0.3) is 15.9 Å². The van der Waals surface area contributed by atoms with Crippen molar-refractivity contribution in [2.45, 2.75) is 11.8 Å². The van der Waals surface area contributed by atoms with Crippen molar-refractivity contribution >= 4 is 48.2 Å². The van der Waals surface area contributed by atoms with E-state index < -0.39 is 15.9 Å². The molecule has 1 aromatic carbocycles.